The van der Waals surface area contributed by atoms with E-state index in [9.17, 15) is 9.59 Å². The standard InChI is InChI=1S/C9H8BrN3O2/c10-6-1-2-7(11-5-6)13-4-3-8(14)12-9(13)15/h1-2,5H,3-4H2,(H,12,14,15). The van der Waals surface area contributed by atoms with E-state index < -0.39 is 6.03 Å². The van der Waals surface area contributed by atoms with Gasteiger partial charge >= 0.3 is 6.03 Å². The molecule has 1 saturated heterocycles. The van der Waals surface area contributed by atoms with Crippen molar-refractivity contribution in [2.75, 3.05) is 11.4 Å². The van der Waals surface area contributed by atoms with Crippen molar-refractivity contribution < 1.29 is 9.59 Å². The van der Waals surface area contributed by atoms with Crippen LogP contribution in [0.4, 0.5) is 10.6 Å². The van der Waals surface area contributed by atoms with Crippen LogP contribution in [-0.2, 0) is 4.79 Å². The Bertz CT molecular complexity index is 404. The molecule has 78 valence electrons. The summed E-state index contributed by atoms with van der Waals surface area (Å²) in [6, 6.07) is 3.10. The monoisotopic (exact) mass is 269 g/mol. The van der Waals surface area contributed by atoms with Gasteiger partial charge in [0, 0.05) is 23.6 Å². The van der Waals surface area contributed by atoms with Crippen molar-refractivity contribution in [1.29, 1.82) is 0 Å². The van der Waals surface area contributed by atoms with Crippen LogP contribution >= 0.6 is 15.9 Å². The van der Waals surface area contributed by atoms with Gasteiger partial charge in [-0.15, -0.1) is 0 Å². The summed E-state index contributed by atoms with van der Waals surface area (Å²) in [5, 5.41) is 2.24. The van der Waals surface area contributed by atoms with E-state index in [1.807, 2.05) is 0 Å². The summed E-state index contributed by atoms with van der Waals surface area (Å²) in [7, 11) is 0. The van der Waals surface area contributed by atoms with E-state index in [-0.39, 0.29) is 5.91 Å². The quantitative estimate of drug-likeness (QED) is 0.836. The highest BCUT2D eigenvalue weighted by atomic mass is 79.9. The molecule has 15 heavy (non-hydrogen) atoms. The average molecular weight is 270 g/mol. The van der Waals surface area contributed by atoms with E-state index in [2.05, 4.69) is 26.2 Å². The van der Waals surface area contributed by atoms with Crippen molar-refractivity contribution >= 4 is 33.7 Å². The van der Waals surface area contributed by atoms with E-state index in [1.165, 1.54) is 4.90 Å². The molecule has 5 nitrogen and oxygen atoms in total. The molecular formula is C9H8BrN3O2. The molecule has 1 aliphatic rings. The smallest absolute Gasteiger partial charge is 0.278 e. The van der Waals surface area contributed by atoms with Gasteiger partial charge in [-0.25, -0.2) is 9.78 Å². The number of hydrogen-bond acceptors (Lipinski definition) is 3. The number of nitrogens with zero attached hydrogens (tertiary/aromatic N) is 2. The van der Waals surface area contributed by atoms with Crippen LogP contribution in [0.1, 0.15) is 6.42 Å². The molecule has 3 amide bonds. The first-order valence-electron chi connectivity index (χ1n) is 4.40. The normalized spacial score (nSPS) is 16.5. The van der Waals surface area contributed by atoms with E-state index in [1.54, 1.807) is 18.3 Å². The van der Waals surface area contributed by atoms with Crippen molar-refractivity contribution in [2.24, 2.45) is 0 Å². The fraction of sp³-hybridized carbons (Fsp3) is 0.222. The molecular weight excluding hydrogens is 262 g/mol. The van der Waals surface area contributed by atoms with Crippen LogP contribution in [0.15, 0.2) is 22.8 Å². The van der Waals surface area contributed by atoms with Gasteiger partial charge in [0.15, 0.2) is 0 Å². The lowest BCUT2D eigenvalue weighted by atomic mass is 10.3. The second-order valence-electron chi connectivity index (χ2n) is 3.09. The van der Waals surface area contributed by atoms with Crippen molar-refractivity contribution in [1.82, 2.24) is 10.3 Å². The highest BCUT2D eigenvalue weighted by Gasteiger charge is 2.24. The second-order valence-corrected chi connectivity index (χ2v) is 4.01. The van der Waals surface area contributed by atoms with Crippen LogP contribution in [0.3, 0.4) is 0 Å². The van der Waals surface area contributed by atoms with Crippen LogP contribution in [0.2, 0.25) is 0 Å². The van der Waals surface area contributed by atoms with Crippen molar-refractivity contribution in [3.05, 3.63) is 22.8 Å². The van der Waals surface area contributed by atoms with Crippen molar-refractivity contribution in [3.8, 4) is 0 Å². The molecule has 1 fully saturated rings. The third kappa shape index (κ3) is 2.15. The highest BCUT2D eigenvalue weighted by Crippen LogP contribution is 2.16. The zero-order valence-electron chi connectivity index (χ0n) is 7.74. The minimum Gasteiger partial charge on any atom is -0.278 e. The number of aromatic nitrogens is 1. The van der Waals surface area contributed by atoms with Gasteiger partial charge in [-0.05, 0) is 28.1 Å². The molecule has 1 aromatic rings. The fourth-order valence-electron chi connectivity index (χ4n) is 1.31. The number of halogens is 1. The van der Waals surface area contributed by atoms with Gasteiger partial charge in [-0.1, -0.05) is 0 Å². The van der Waals surface area contributed by atoms with E-state index in [0.717, 1.165) is 4.47 Å². The predicted octanol–water partition coefficient (Wildman–Crippen LogP) is 1.29. The van der Waals surface area contributed by atoms with Gasteiger partial charge in [0.25, 0.3) is 0 Å². The van der Waals surface area contributed by atoms with Gasteiger partial charge in [-0.2, -0.15) is 0 Å². The predicted molar refractivity (Wildman–Crippen MR) is 57.4 cm³/mol. The molecule has 0 radical (unpaired) electrons. The number of imide groups is 1. The maximum absolute atomic E-state index is 11.4. The molecule has 2 heterocycles. The Balaban J connectivity index is 2.20. The van der Waals surface area contributed by atoms with Gasteiger partial charge in [0.1, 0.15) is 5.82 Å². The number of nitrogens with one attached hydrogen (secondary N) is 1. The number of carbonyl (C=O) groups excluding carboxylic acids is 2. The molecule has 0 saturated carbocycles. The molecule has 6 heteroatoms. The van der Waals surface area contributed by atoms with Crippen LogP contribution in [0.5, 0.6) is 0 Å². The number of rotatable bonds is 1. The van der Waals surface area contributed by atoms with E-state index >= 15 is 0 Å². The number of pyridine rings is 1. The molecule has 0 atom stereocenters. The third-order valence-corrected chi connectivity index (χ3v) is 2.51. The second kappa shape index (κ2) is 3.98. The summed E-state index contributed by atoms with van der Waals surface area (Å²) in [6.45, 7) is 0.374. The highest BCUT2D eigenvalue weighted by molar-refractivity contribution is 9.10. The molecule has 1 N–H and O–H groups in total. The molecule has 0 spiro atoms. The van der Waals surface area contributed by atoms with Crippen molar-refractivity contribution in [2.45, 2.75) is 6.42 Å². The number of hydrogen-bond donors (Lipinski definition) is 1. The lowest BCUT2D eigenvalue weighted by Gasteiger charge is -2.25. The Morgan fingerprint density at radius 2 is 2.20 bits per heavy atom. The number of urea groups is 1. The van der Waals surface area contributed by atoms with Crippen LogP contribution in [-0.4, -0.2) is 23.5 Å². The maximum Gasteiger partial charge on any atom is 0.329 e. The van der Waals surface area contributed by atoms with Gasteiger partial charge < -0.3 is 0 Å². The zero-order chi connectivity index (χ0) is 10.8. The lowest BCUT2D eigenvalue weighted by Crippen LogP contribution is -2.49. The molecule has 1 aliphatic heterocycles. The molecule has 0 aliphatic carbocycles. The summed E-state index contributed by atoms with van der Waals surface area (Å²) in [5.74, 6) is 0.302. The number of anilines is 1. The Kier molecular flexibility index (Phi) is 2.68. The lowest BCUT2D eigenvalue weighted by molar-refractivity contribution is -0.120. The summed E-state index contributed by atoms with van der Waals surface area (Å²) in [5.41, 5.74) is 0. The Morgan fingerprint density at radius 3 is 2.80 bits per heavy atom. The Labute approximate surface area is 94.6 Å². The minimum absolute atomic E-state index is 0.242. The van der Waals surface area contributed by atoms with Gasteiger partial charge in [0.05, 0.1) is 0 Å². The molecule has 2 rings (SSSR count). The molecule has 0 unspecified atom stereocenters. The summed E-state index contributed by atoms with van der Waals surface area (Å²) >= 11 is 3.26. The van der Waals surface area contributed by atoms with Gasteiger partial charge in [0.2, 0.25) is 5.91 Å². The third-order valence-electron chi connectivity index (χ3n) is 2.04. The summed E-state index contributed by atoms with van der Waals surface area (Å²) in [4.78, 5) is 27.9. The molecule has 1 aromatic heterocycles. The Morgan fingerprint density at radius 1 is 1.40 bits per heavy atom. The summed E-state index contributed by atoms with van der Waals surface area (Å²) < 4.78 is 0.847. The fourth-order valence-corrected chi connectivity index (χ4v) is 1.54. The van der Waals surface area contributed by atoms with Crippen molar-refractivity contribution in [3.63, 3.8) is 0 Å². The van der Waals surface area contributed by atoms with Crippen LogP contribution < -0.4 is 10.2 Å². The van der Waals surface area contributed by atoms with Crippen LogP contribution in [0, 0.1) is 0 Å². The Hall–Kier alpha value is -1.43. The van der Waals surface area contributed by atoms with E-state index in [4.69, 9.17) is 0 Å². The largest absolute Gasteiger partial charge is 0.329 e. The first kappa shape index (κ1) is 10.1. The number of carbonyl (C=O) groups is 2. The molecule has 0 aromatic carbocycles. The van der Waals surface area contributed by atoms with Gasteiger partial charge in [-0.3, -0.25) is 15.0 Å². The number of amides is 3. The molecule has 0 bridgehead atoms. The SMILES string of the molecule is O=C1CCN(c2ccc(Br)cn2)C(=O)N1. The van der Waals surface area contributed by atoms with E-state index in [0.29, 0.717) is 18.8 Å². The first-order chi connectivity index (χ1) is 7.16. The minimum atomic E-state index is -0.416. The van der Waals surface area contributed by atoms with Crippen LogP contribution in [0.25, 0.3) is 0 Å². The zero-order valence-corrected chi connectivity index (χ0v) is 9.32. The topological polar surface area (TPSA) is 62.3 Å². The summed E-state index contributed by atoms with van der Waals surface area (Å²) in [6.07, 6.45) is 1.92. The first-order valence-corrected chi connectivity index (χ1v) is 5.19. The average Bonchev–Trinajstić information content (AvgIpc) is 2.20. The maximum atomic E-state index is 11.4.